The van der Waals surface area contributed by atoms with E-state index in [1.54, 1.807) is 48.5 Å². The zero-order valence-corrected chi connectivity index (χ0v) is 17.2. The molecule has 8 heteroatoms. The van der Waals surface area contributed by atoms with Crippen molar-refractivity contribution in [1.82, 2.24) is 10.6 Å². The van der Waals surface area contributed by atoms with Crippen molar-refractivity contribution in [2.24, 2.45) is 11.7 Å². The molecule has 0 radical (unpaired) electrons. The number of anilines is 1. The van der Waals surface area contributed by atoms with Gasteiger partial charge in [-0.25, -0.2) is 0 Å². The van der Waals surface area contributed by atoms with Crippen molar-refractivity contribution in [3.63, 3.8) is 0 Å². The minimum Gasteiger partial charge on any atom is -0.346 e. The van der Waals surface area contributed by atoms with E-state index in [-0.39, 0.29) is 30.8 Å². The van der Waals surface area contributed by atoms with Gasteiger partial charge in [0.15, 0.2) is 0 Å². The van der Waals surface area contributed by atoms with Crippen LogP contribution in [0.5, 0.6) is 0 Å². The van der Waals surface area contributed by atoms with Crippen molar-refractivity contribution >= 4 is 35.8 Å². The number of nitrogens with one attached hydrogen (secondary N) is 3. The van der Waals surface area contributed by atoms with Gasteiger partial charge in [0.1, 0.15) is 6.04 Å². The number of hydrogen-bond acceptors (Lipinski definition) is 4. The van der Waals surface area contributed by atoms with E-state index < -0.39 is 23.9 Å². The Kier molecular flexibility index (Phi) is 9.85. The lowest BCUT2D eigenvalue weighted by molar-refractivity contribution is -0.129. The second-order valence-electron chi connectivity index (χ2n) is 6.75. The summed E-state index contributed by atoms with van der Waals surface area (Å²) in [6, 6.07) is 16.3. The van der Waals surface area contributed by atoms with Gasteiger partial charge in [-0.15, -0.1) is 12.4 Å². The van der Waals surface area contributed by atoms with Crippen LogP contribution < -0.4 is 21.7 Å². The highest BCUT2D eigenvalue weighted by molar-refractivity contribution is 5.98. The third kappa shape index (κ3) is 7.56. The van der Waals surface area contributed by atoms with Gasteiger partial charge in [0.2, 0.25) is 11.8 Å². The molecule has 0 aliphatic heterocycles. The number of amides is 3. The number of rotatable bonds is 8. The van der Waals surface area contributed by atoms with E-state index in [1.165, 1.54) is 0 Å². The maximum absolute atomic E-state index is 12.8. The number of benzene rings is 2. The lowest BCUT2D eigenvalue weighted by Gasteiger charge is -2.20. The van der Waals surface area contributed by atoms with Crippen LogP contribution in [0.2, 0.25) is 0 Å². The normalized spacial score (nSPS) is 12.3. The molecule has 0 heterocycles. The Morgan fingerprint density at radius 1 is 0.897 bits per heavy atom. The van der Waals surface area contributed by atoms with Gasteiger partial charge < -0.3 is 21.7 Å². The van der Waals surface area contributed by atoms with Gasteiger partial charge in [0.25, 0.3) is 5.91 Å². The second kappa shape index (κ2) is 11.8. The summed E-state index contributed by atoms with van der Waals surface area (Å²) in [6.45, 7) is 3.38. The van der Waals surface area contributed by atoms with E-state index >= 15 is 0 Å². The summed E-state index contributed by atoms with van der Waals surface area (Å²) in [6.07, 6.45) is 0. The fraction of sp³-hybridized carbons (Fsp3) is 0.286. The molecule has 156 valence electrons. The van der Waals surface area contributed by atoms with E-state index in [1.807, 2.05) is 26.0 Å². The van der Waals surface area contributed by atoms with Crippen molar-refractivity contribution in [2.45, 2.75) is 25.9 Å². The minimum absolute atomic E-state index is 0. The highest BCUT2D eigenvalue weighted by atomic mass is 35.5. The predicted octanol–water partition coefficient (Wildman–Crippen LogP) is 2.00. The van der Waals surface area contributed by atoms with Crippen LogP contribution >= 0.6 is 12.4 Å². The van der Waals surface area contributed by atoms with E-state index in [9.17, 15) is 14.4 Å². The van der Waals surface area contributed by atoms with Gasteiger partial charge in [-0.3, -0.25) is 14.4 Å². The first kappa shape index (κ1) is 24.1. The van der Waals surface area contributed by atoms with E-state index in [0.29, 0.717) is 11.3 Å². The number of halogens is 1. The summed E-state index contributed by atoms with van der Waals surface area (Å²) in [7, 11) is 0. The molecule has 0 aliphatic rings. The van der Waals surface area contributed by atoms with Crippen LogP contribution in [0.1, 0.15) is 25.5 Å². The van der Waals surface area contributed by atoms with Crippen LogP contribution in [0, 0.1) is 5.92 Å². The number of carbonyl (C=O) groups is 3. The van der Waals surface area contributed by atoms with Crippen molar-refractivity contribution in [2.75, 3.05) is 11.9 Å². The quantitative estimate of drug-likeness (QED) is 0.525. The molecule has 1 unspecified atom stereocenters. The van der Waals surface area contributed by atoms with Crippen molar-refractivity contribution in [3.05, 3.63) is 66.2 Å². The van der Waals surface area contributed by atoms with Crippen LogP contribution in [-0.2, 0) is 14.4 Å². The monoisotopic (exact) mass is 418 g/mol. The maximum Gasteiger partial charge on any atom is 0.251 e. The Hall–Kier alpha value is -2.90. The Morgan fingerprint density at radius 2 is 1.45 bits per heavy atom. The molecule has 0 aromatic heterocycles. The second-order valence-corrected chi connectivity index (χ2v) is 6.75. The molecule has 0 bridgehead atoms. The smallest absolute Gasteiger partial charge is 0.251 e. The summed E-state index contributed by atoms with van der Waals surface area (Å²) in [5.41, 5.74) is 7.02. The fourth-order valence-corrected chi connectivity index (χ4v) is 2.48. The van der Waals surface area contributed by atoms with Gasteiger partial charge >= 0.3 is 0 Å². The highest BCUT2D eigenvalue weighted by Gasteiger charge is 2.24. The molecule has 2 aromatic rings. The summed E-state index contributed by atoms with van der Waals surface area (Å²) in [5, 5.41) is 7.95. The van der Waals surface area contributed by atoms with Crippen molar-refractivity contribution in [1.29, 1.82) is 0 Å². The van der Waals surface area contributed by atoms with Gasteiger partial charge in [-0.1, -0.05) is 62.4 Å². The van der Waals surface area contributed by atoms with E-state index in [2.05, 4.69) is 16.0 Å². The summed E-state index contributed by atoms with van der Waals surface area (Å²) in [5.74, 6) is -1.32. The average Bonchev–Trinajstić information content (AvgIpc) is 2.70. The summed E-state index contributed by atoms with van der Waals surface area (Å²) >= 11 is 0. The first-order valence-electron chi connectivity index (χ1n) is 9.12. The number of para-hydroxylation sites is 1. The standard InChI is InChI=1S/C21H26N4O3.ClH/c1-14(2)18(22)20(27)23-13-17(26)25-19(15-9-5-3-6-10-15)21(28)24-16-11-7-4-8-12-16;/h3-12,14,18-19H,13,22H2,1-2H3,(H,23,27)(H,24,28)(H,25,26);1H/t18-,19?;/m0./s1. The lowest BCUT2D eigenvalue weighted by atomic mass is 10.0. The molecule has 29 heavy (non-hydrogen) atoms. The van der Waals surface area contributed by atoms with Gasteiger partial charge in [-0.05, 0) is 23.6 Å². The fourth-order valence-electron chi connectivity index (χ4n) is 2.48. The van der Waals surface area contributed by atoms with E-state index in [4.69, 9.17) is 5.73 Å². The number of hydrogen-bond donors (Lipinski definition) is 4. The molecule has 0 saturated heterocycles. The molecule has 0 saturated carbocycles. The Morgan fingerprint density at radius 3 is 2.00 bits per heavy atom. The molecule has 0 fully saturated rings. The Labute approximate surface area is 176 Å². The molecule has 7 nitrogen and oxygen atoms in total. The first-order valence-corrected chi connectivity index (χ1v) is 9.12. The van der Waals surface area contributed by atoms with Crippen LogP contribution in [-0.4, -0.2) is 30.3 Å². The minimum atomic E-state index is -0.899. The van der Waals surface area contributed by atoms with Crippen LogP contribution in [0.4, 0.5) is 5.69 Å². The van der Waals surface area contributed by atoms with E-state index in [0.717, 1.165) is 0 Å². The maximum atomic E-state index is 12.8. The molecule has 2 rings (SSSR count). The number of nitrogens with two attached hydrogens (primary N) is 1. The van der Waals surface area contributed by atoms with Gasteiger partial charge in [0, 0.05) is 5.69 Å². The van der Waals surface area contributed by atoms with Gasteiger partial charge in [0.05, 0.1) is 12.6 Å². The first-order chi connectivity index (χ1) is 13.4. The average molecular weight is 419 g/mol. The Bertz CT molecular complexity index is 800. The van der Waals surface area contributed by atoms with Gasteiger partial charge in [-0.2, -0.15) is 0 Å². The molecule has 2 atom stereocenters. The molecule has 2 aromatic carbocycles. The largest absolute Gasteiger partial charge is 0.346 e. The predicted molar refractivity (Wildman–Crippen MR) is 115 cm³/mol. The van der Waals surface area contributed by atoms with Crippen LogP contribution in [0.15, 0.2) is 60.7 Å². The highest BCUT2D eigenvalue weighted by Crippen LogP contribution is 2.16. The van der Waals surface area contributed by atoms with Crippen LogP contribution in [0.25, 0.3) is 0 Å². The molecule has 0 aliphatic carbocycles. The lowest BCUT2D eigenvalue weighted by Crippen LogP contribution is -2.48. The molecular weight excluding hydrogens is 392 g/mol. The molecule has 3 amide bonds. The third-order valence-corrected chi connectivity index (χ3v) is 4.19. The summed E-state index contributed by atoms with van der Waals surface area (Å²) < 4.78 is 0. The topological polar surface area (TPSA) is 113 Å². The molecular formula is C21H27ClN4O3. The third-order valence-electron chi connectivity index (χ3n) is 4.19. The van der Waals surface area contributed by atoms with Crippen molar-refractivity contribution in [3.8, 4) is 0 Å². The van der Waals surface area contributed by atoms with Crippen LogP contribution in [0.3, 0.4) is 0 Å². The molecule has 5 N–H and O–H groups in total. The SMILES string of the molecule is CC(C)[C@H](N)C(=O)NCC(=O)NC(C(=O)Nc1ccccc1)c1ccccc1.Cl. The number of carbonyl (C=O) groups excluding carboxylic acids is 3. The zero-order chi connectivity index (χ0) is 20.5. The molecule has 0 spiro atoms. The Balaban J connectivity index is 0.00000420. The van der Waals surface area contributed by atoms with Crippen molar-refractivity contribution < 1.29 is 14.4 Å². The summed E-state index contributed by atoms with van der Waals surface area (Å²) in [4.78, 5) is 37.0. The zero-order valence-electron chi connectivity index (χ0n) is 16.4.